The number of hydrogen-bond acceptors (Lipinski definition) is 6. The van der Waals surface area contributed by atoms with Crippen molar-refractivity contribution in [1.82, 2.24) is 24.8 Å². The fourth-order valence-corrected chi connectivity index (χ4v) is 5.25. The van der Waals surface area contributed by atoms with Gasteiger partial charge in [-0.2, -0.15) is 0 Å². The molecule has 10 heteroatoms. The van der Waals surface area contributed by atoms with E-state index in [2.05, 4.69) is 29.8 Å². The molecule has 1 aromatic carbocycles. The maximum Gasteiger partial charge on any atom is 0.263 e. The molecule has 4 rings (SSSR count). The number of carbonyl (C=O) groups excluding carboxylic acids is 1. The number of nitrogens with zero attached hydrogens (tertiary/aromatic N) is 4. The number of amides is 1. The van der Waals surface area contributed by atoms with Crippen molar-refractivity contribution in [1.29, 1.82) is 0 Å². The summed E-state index contributed by atoms with van der Waals surface area (Å²) in [5, 5.41) is 11.5. The number of carbonyl (C=O) groups is 1. The van der Waals surface area contributed by atoms with Crippen LogP contribution in [-0.2, 0) is 34.2 Å². The smallest absolute Gasteiger partial charge is 0.263 e. The van der Waals surface area contributed by atoms with E-state index in [1.54, 1.807) is 18.2 Å². The second-order valence-electron chi connectivity index (χ2n) is 8.30. The van der Waals surface area contributed by atoms with E-state index in [9.17, 15) is 13.2 Å². The molecule has 2 N–H and O–H groups in total. The van der Waals surface area contributed by atoms with Crippen LogP contribution in [0.5, 0.6) is 0 Å². The van der Waals surface area contributed by atoms with Crippen molar-refractivity contribution in [3.05, 3.63) is 41.5 Å². The lowest BCUT2D eigenvalue weighted by Gasteiger charge is -2.17. The first kappa shape index (κ1) is 21.5. The lowest BCUT2D eigenvalue weighted by atomic mass is 10.0. The van der Waals surface area contributed by atoms with Crippen molar-refractivity contribution >= 4 is 21.8 Å². The number of aryl methyl sites for hydroxylation is 1. The van der Waals surface area contributed by atoms with Gasteiger partial charge in [0.15, 0.2) is 0 Å². The molecule has 0 saturated heterocycles. The molecule has 0 fully saturated rings. The third-order valence-electron chi connectivity index (χ3n) is 5.66. The molecule has 2 aromatic rings. The number of rotatable bonds is 6. The highest BCUT2D eigenvalue weighted by atomic mass is 32.2. The van der Waals surface area contributed by atoms with Crippen LogP contribution in [0.1, 0.15) is 50.3 Å². The Morgan fingerprint density at radius 2 is 2.03 bits per heavy atom. The Labute approximate surface area is 182 Å². The van der Waals surface area contributed by atoms with Gasteiger partial charge in [0, 0.05) is 31.5 Å². The molecule has 1 amide bonds. The van der Waals surface area contributed by atoms with E-state index in [-0.39, 0.29) is 22.6 Å². The van der Waals surface area contributed by atoms with E-state index in [1.807, 2.05) is 13.8 Å². The van der Waals surface area contributed by atoms with Crippen molar-refractivity contribution in [3.8, 4) is 0 Å². The normalized spacial score (nSPS) is 19.4. The molecule has 3 heterocycles. The van der Waals surface area contributed by atoms with Crippen molar-refractivity contribution in [2.75, 3.05) is 6.54 Å². The van der Waals surface area contributed by atoms with E-state index in [4.69, 9.17) is 0 Å². The van der Waals surface area contributed by atoms with E-state index < -0.39 is 16.1 Å². The molecule has 0 spiro atoms. The summed E-state index contributed by atoms with van der Waals surface area (Å²) in [5.41, 5.74) is 0.493. The zero-order chi connectivity index (χ0) is 22.0. The topological polar surface area (TPSA) is 118 Å². The van der Waals surface area contributed by atoms with Crippen LogP contribution < -0.4 is 10.0 Å². The molecule has 0 unspecified atom stereocenters. The molecule has 166 valence electrons. The van der Waals surface area contributed by atoms with Crippen molar-refractivity contribution < 1.29 is 13.2 Å². The van der Waals surface area contributed by atoms with Gasteiger partial charge >= 0.3 is 0 Å². The van der Waals surface area contributed by atoms with Gasteiger partial charge in [-0.1, -0.05) is 32.4 Å². The Kier molecular flexibility index (Phi) is 6.08. The minimum Gasteiger partial charge on any atom is -0.354 e. The van der Waals surface area contributed by atoms with Crippen LogP contribution >= 0.6 is 0 Å². The van der Waals surface area contributed by atoms with E-state index >= 15 is 0 Å². The van der Waals surface area contributed by atoms with Gasteiger partial charge in [0.05, 0.1) is 4.90 Å². The summed E-state index contributed by atoms with van der Waals surface area (Å²) in [4.78, 5) is 17.6. The van der Waals surface area contributed by atoms with Crippen molar-refractivity contribution in [2.24, 2.45) is 10.9 Å². The lowest BCUT2D eigenvalue weighted by molar-refractivity contribution is -0.123. The number of nitrogens with one attached hydrogen (secondary N) is 2. The fraction of sp³-hybridized carbons (Fsp3) is 0.524. The summed E-state index contributed by atoms with van der Waals surface area (Å²) < 4.78 is 29.3. The molecule has 2 aliphatic heterocycles. The van der Waals surface area contributed by atoms with Crippen LogP contribution in [0.15, 0.2) is 34.2 Å². The van der Waals surface area contributed by atoms with Crippen LogP contribution in [0, 0.1) is 5.92 Å². The lowest BCUT2D eigenvalue weighted by Crippen LogP contribution is -2.39. The first-order valence-electron chi connectivity index (χ1n) is 10.8. The van der Waals surface area contributed by atoms with Crippen LogP contribution in [0.3, 0.4) is 0 Å². The maximum absolute atomic E-state index is 12.9. The summed E-state index contributed by atoms with van der Waals surface area (Å²) in [6.07, 6.45) is 4.99. The van der Waals surface area contributed by atoms with Crippen molar-refractivity contribution in [3.63, 3.8) is 0 Å². The third-order valence-corrected chi connectivity index (χ3v) is 7.06. The first-order valence-corrected chi connectivity index (χ1v) is 12.2. The first-order chi connectivity index (χ1) is 14.9. The summed E-state index contributed by atoms with van der Waals surface area (Å²) in [6, 6.07) is 5.94. The Morgan fingerprint density at radius 1 is 1.23 bits per heavy atom. The molecular formula is C21H28N6O3S. The summed E-state index contributed by atoms with van der Waals surface area (Å²) in [6.45, 7) is 5.13. The molecule has 1 atom stereocenters. The fourth-order valence-electron chi connectivity index (χ4n) is 4.01. The van der Waals surface area contributed by atoms with Crippen LogP contribution in [-0.4, -0.2) is 47.5 Å². The molecule has 2 aliphatic rings. The molecule has 31 heavy (non-hydrogen) atoms. The minimum absolute atomic E-state index is 0.103. The Morgan fingerprint density at radius 3 is 2.84 bits per heavy atom. The SMILES string of the molecule is CC(C)[C@H](N=C1NS(=O)(=O)c2ccccc21)C(=O)NCCc1nnc2n1CCCCC2. The standard InChI is InChI=1S/C21H28N6O3S/c1-14(2)19(23-20-15-8-5-6-9-16(15)31(29,30)26-20)21(28)22-12-11-18-25-24-17-10-4-3-7-13-27(17)18/h5-6,8-9,14,19H,3-4,7,10-13H2,1-2H3,(H,22,28)(H,23,26)/t19-/m0/s1. The number of benzene rings is 1. The Hall–Kier alpha value is -2.75. The highest BCUT2D eigenvalue weighted by Gasteiger charge is 2.32. The predicted molar refractivity (Wildman–Crippen MR) is 116 cm³/mol. The number of sulfonamides is 1. The van der Waals surface area contributed by atoms with Crippen LogP contribution in [0.25, 0.3) is 0 Å². The molecule has 9 nitrogen and oxygen atoms in total. The predicted octanol–water partition coefficient (Wildman–Crippen LogP) is 1.43. The van der Waals surface area contributed by atoms with Crippen LogP contribution in [0.4, 0.5) is 0 Å². The minimum atomic E-state index is -3.64. The van der Waals surface area contributed by atoms with E-state index in [0.717, 1.165) is 37.5 Å². The largest absolute Gasteiger partial charge is 0.354 e. The summed E-state index contributed by atoms with van der Waals surface area (Å²) >= 11 is 0. The molecule has 0 saturated carbocycles. The second-order valence-corrected chi connectivity index (χ2v) is 9.95. The average molecular weight is 445 g/mol. The van der Waals surface area contributed by atoms with E-state index in [0.29, 0.717) is 18.5 Å². The number of fused-ring (bicyclic) bond motifs is 2. The number of aliphatic imine (C=N–C) groups is 1. The molecule has 0 bridgehead atoms. The highest BCUT2D eigenvalue weighted by Crippen LogP contribution is 2.23. The van der Waals surface area contributed by atoms with Gasteiger partial charge in [-0.05, 0) is 30.9 Å². The van der Waals surface area contributed by atoms with E-state index in [1.165, 1.54) is 12.5 Å². The van der Waals surface area contributed by atoms with Gasteiger partial charge in [-0.15, -0.1) is 10.2 Å². The summed E-state index contributed by atoms with van der Waals surface area (Å²) in [5.74, 6) is 1.79. The Balaban J connectivity index is 1.45. The van der Waals surface area contributed by atoms with Gasteiger partial charge < -0.3 is 9.88 Å². The molecular weight excluding hydrogens is 416 g/mol. The average Bonchev–Trinajstić information content (AvgIpc) is 3.12. The molecule has 0 aliphatic carbocycles. The Bertz CT molecular complexity index is 1110. The van der Waals surface area contributed by atoms with Gasteiger partial charge in [-0.25, -0.2) is 8.42 Å². The number of aromatic nitrogens is 3. The monoisotopic (exact) mass is 444 g/mol. The number of hydrogen-bond donors (Lipinski definition) is 2. The summed E-state index contributed by atoms with van der Waals surface area (Å²) in [7, 11) is -3.64. The van der Waals surface area contributed by atoms with Gasteiger partial charge in [0.1, 0.15) is 23.5 Å². The van der Waals surface area contributed by atoms with Gasteiger partial charge in [0.2, 0.25) is 5.91 Å². The quantitative estimate of drug-likeness (QED) is 0.699. The third kappa shape index (κ3) is 4.48. The van der Waals surface area contributed by atoms with Gasteiger partial charge in [-0.3, -0.25) is 14.5 Å². The van der Waals surface area contributed by atoms with Gasteiger partial charge in [0.25, 0.3) is 10.0 Å². The highest BCUT2D eigenvalue weighted by molar-refractivity contribution is 7.90. The van der Waals surface area contributed by atoms with Crippen LogP contribution in [0.2, 0.25) is 0 Å². The zero-order valence-corrected chi connectivity index (χ0v) is 18.7. The number of amidine groups is 1. The molecule has 1 aromatic heterocycles. The zero-order valence-electron chi connectivity index (χ0n) is 17.8. The second kappa shape index (κ2) is 8.78. The van der Waals surface area contributed by atoms with Crippen molar-refractivity contribution in [2.45, 2.75) is 63.4 Å². The molecule has 0 radical (unpaired) electrons. The maximum atomic E-state index is 12.9.